The number of hydrogen-bond donors (Lipinski definition) is 1. The lowest BCUT2D eigenvalue weighted by Crippen LogP contribution is -2.39. The molecule has 0 bridgehead atoms. The van der Waals surface area contributed by atoms with Gasteiger partial charge in [0.2, 0.25) is 0 Å². The molecule has 1 aliphatic rings. The van der Waals surface area contributed by atoms with Gasteiger partial charge < -0.3 is 5.32 Å². The smallest absolute Gasteiger partial charge is 0.00887 e. The fourth-order valence-electron chi connectivity index (χ4n) is 1.77. The van der Waals surface area contributed by atoms with E-state index in [0.29, 0.717) is 0 Å². The van der Waals surface area contributed by atoms with E-state index in [1.807, 2.05) is 0 Å². The maximum atomic E-state index is 3.30. The van der Waals surface area contributed by atoms with E-state index in [9.17, 15) is 0 Å². The summed E-state index contributed by atoms with van der Waals surface area (Å²) in [5.41, 5.74) is 4.28. The summed E-state index contributed by atoms with van der Waals surface area (Å²) in [6.45, 7) is 6.65. The van der Waals surface area contributed by atoms with Crippen LogP contribution in [0.2, 0.25) is 0 Å². The van der Waals surface area contributed by atoms with Crippen LogP contribution in [0.3, 0.4) is 0 Å². The van der Waals surface area contributed by atoms with E-state index in [2.05, 4.69) is 37.4 Å². The fraction of sp³-hybridized carbons (Fsp3) is 0.455. The minimum Gasteiger partial charge on any atom is -0.315 e. The molecule has 13 heavy (non-hydrogen) atoms. The summed E-state index contributed by atoms with van der Waals surface area (Å²) in [7, 11) is 0. The Hall–Kier alpha value is -0.530. The third-order valence-corrected chi connectivity index (χ3v) is 2.50. The minimum atomic E-state index is 0. The first kappa shape index (κ1) is 10.6. The molecular weight excluding hydrogens is 182 g/mol. The molecule has 1 aromatic carbocycles. The third kappa shape index (κ3) is 2.23. The van der Waals surface area contributed by atoms with Gasteiger partial charge in [0, 0.05) is 19.0 Å². The number of hydrogen-bond acceptors (Lipinski definition) is 1. The topological polar surface area (TPSA) is 12.0 Å². The van der Waals surface area contributed by atoms with Crippen LogP contribution in [0, 0.1) is 13.8 Å². The molecule has 0 aliphatic carbocycles. The molecule has 0 saturated carbocycles. The van der Waals surface area contributed by atoms with Crippen LogP contribution in [0.5, 0.6) is 0 Å². The van der Waals surface area contributed by atoms with Crippen LogP contribution in [0.25, 0.3) is 0 Å². The summed E-state index contributed by atoms with van der Waals surface area (Å²) in [6.07, 6.45) is 0. The average molecular weight is 198 g/mol. The van der Waals surface area contributed by atoms with E-state index in [1.165, 1.54) is 16.7 Å². The lowest BCUT2D eigenvalue weighted by molar-refractivity contribution is 0.448. The minimum absolute atomic E-state index is 0. The van der Waals surface area contributed by atoms with Crippen molar-refractivity contribution in [2.45, 2.75) is 19.8 Å². The first-order valence-electron chi connectivity index (χ1n) is 4.54. The summed E-state index contributed by atoms with van der Waals surface area (Å²) in [5.74, 6) is 0.767. The highest BCUT2D eigenvalue weighted by atomic mass is 35.5. The Bertz CT molecular complexity index is 272. The normalized spacial score (nSPS) is 16.2. The summed E-state index contributed by atoms with van der Waals surface area (Å²) < 4.78 is 0. The van der Waals surface area contributed by atoms with Crippen LogP contribution in [0.15, 0.2) is 18.2 Å². The van der Waals surface area contributed by atoms with Gasteiger partial charge in [-0.05, 0) is 19.4 Å². The van der Waals surface area contributed by atoms with E-state index in [-0.39, 0.29) is 12.4 Å². The van der Waals surface area contributed by atoms with E-state index >= 15 is 0 Å². The van der Waals surface area contributed by atoms with Gasteiger partial charge in [0.15, 0.2) is 0 Å². The van der Waals surface area contributed by atoms with Gasteiger partial charge in [-0.25, -0.2) is 0 Å². The average Bonchev–Trinajstić information content (AvgIpc) is 1.79. The monoisotopic (exact) mass is 197 g/mol. The second kappa shape index (κ2) is 4.12. The predicted molar refractivity (Wildman–Crippen MR) is 58.8 cm³/mol. The Morgan fingerprint density at radius 2 is 1.62 bits per heavy atom. The van der Waals surface area contributed by atoms with Crippen molar-refractivity contribution in [2.75, 3.05) is 13.1 Å². The fourth-order valence-corrected chi connectivity index (χ4v) is 1.77. The Balaban J connectivity index is 0.000000845. The van der Waals surface area contributed by atoms with E-state index in [4.69, 9.17) is 0 Å². The van der Waals surface area contributed by atoms with Crippen LogP contribution in [0.1, 0.15) is 22.6 Å². The standard InChI is InChI=1S/C11H15N.ClH/c1-8-3-9(2)5-10(4-8)11-6-12-7-11;/h3-5,11-12H,6-7H2,1-2H3;1H. The molecule has 1 fully saturated rings. The Morgan fingerprint density at radius 3 is 2.00 bits per heavy atom. The molecule has 1 saturated heterocycles. The van der Waals surface area contributed by atoms with Crippen molar-refractivity contribution in [2.24, 2.45) is 0 Å². The van der Waals surface area contributed by atoms with Gasteiger partial charge in [-0.3, -0.25) is 0 Å². The van der Waals surface area contributed by atoms with Gasteiger partial charge in [-0.15, -0.1) is 12.4 Å². The van der Waals surface area contributed by atoms with E-state index < -0.39 is 0 Å². The molecule has 72 valence electrons. The van der Waals surface area contributed by atoms with Crippen molar-refractivity contribution < 1.29 is 0 Å². The zero-order valence-electron chi connectivity index (χ0n) is 8.13. The maximum Gasteiger partial charge on any atom is 0.00887 e. The zero-order valence-corrected chi connectivity index (χ0v) is 8.95. The van der Waals surface area contributed by atoms with Crippen LogP contribution >= 0.6 is 12.4 Å². The van der Waals surface area contributed by atoms with Crippen molar-refractivity contribution >= 4 is 12.4 Å². The van der Waals surface area contributed by atoms with Crippen LogP contribution < -0.4 is 5.32 Å². The second-order valence-corrected chi connectivity index (χ2v) is 3.78. The molecule has 0 radical (unpaired) electrons. The molecule has 1 nitrogen and oxygen atoms in total. The zero-order chi connectivity index (χ0) is 8.55. The van der Waals surface area contributed by atoms with E-state index in [1.54, 1.807) is 0 Å². The van der Waals surface area contributed by atoms with Gasteiger partial charge in [0.25, 0.3) is 0 Å². The van der Waals surface area contributed by atoms with Gasteiger partial charge in [-0.2, -0.15) is 0 Å². The van der Waals surface area contributed by atoms with Gasteiger partial charge in [0.1, 0.15) is 0 Å². The van der Waals surface area contributed by atoms with Gasteiger partial charge in [-0.1, -0.05) is 29.3 Å². The van der Waals surface area contributed by atoms with Crippen molar-refractivity contribution in [3.63, 3.8) is 0 Å². The SMILES string of the molecule is Cc1cc(C)cc(C2CNC2)c1.Cl. The molecule has 2 rings (SSSR count). The molecule has 0 amide bonds. The molecule has 0 unspecified atom stereocenters. The molecular formula is C11H16ClN. The summed E-state index contributed by atoms with van der Waals surface area (Å²) in [6, 6.07) is 6.84. The highest BCUT2D eigenvalue weighted by molar-refractivity contribution is 5.85. The number of nitrogens with one attached hydrogen (secondary N) is 1. The summed E-state index contributed by atoms with van der Waals surface area (Å²) >= 11 is 0. The predicted octanol–water partition coefficient (Wildman–Crippen LogP) is 2.41. The molecule has 0 spiro atoms. The second-order valence-electron chi connectivity index (χ2n) is 3.78. The molecule has 1 aromatic rings. The highest BCUT2D eigenvalue weighted by Gasteiger charge is 2.18. The first-order chi connectivity index (χ1) is 5.75. The van der Waals surface area contributed by atoms with E-state index in [0.717, 1.165) is 19.0 Å². The van der Waals surface area contributed by atoms with Crippen molar-refractivity contribution in [3.05, 3.63) is 34.9 Å². The molecule has 1 heterocycles. The number of rotatable bonds is 1. The van der Waals surface area contributed by atoms with Crippen LogP contribution in [-0.4, -0.2) is 13.1 Å². The highest BCUT2D eigenvalue weighted by Crippen LogP contribution is 2.21. The number of halogens is 1. The largest absolute Gasteiger partial charge is 0.315 e. The number of benzene rings is 1. The lowest BCUT2D eigenvalue weighted by atomic mass is 9.91. The Kier molecular flexibility index (Phi) is 3.34. The Morgan fingerprint density at radius 1 is 1.08 bits per heavy atom. The summed E-state index contributed by atoms with van der Waals surface area (Å²) in [4.78, 5) is 0. The van der Waals surface area contributed by atoms with Crippen molar-refractivity contribution in [3.8, 4) is 0 Å². The number of aryl methyl sites for hydroxylation is 2. The first-order valence-corrected chi connectivity index (χ1v) is 4.54. The molecule has 0 atom stereocenters. The molecule has 1 N–H and O–H groups in total. The third-order valence-electron chi connectivity index (χ3n) is 2.50. The quantitative estimate of drug-likeness (QED) is 0.729. The van der Waals surface area contributed by atoms with Crippen LogP contribution in [-0.2, 0) is 0 Å². The van der Waals surface area contributed by atoms with Gasteiger partial charge >= 0.3 is 0 Å². The lowest BCUT2D eigenvalue weighted by Gasteiger charge is -2.28. The van der Waals surface area contributed by atoms with Crippen molar-refractivity contribution in [1.29, 1.82) is 0 Å². The van der Waals surface area contributed by atoms with Crippen molar-refractivity contribution in [1.82, 2.24) is 5.32 Å². The maximum absolute atomic E-state index is 3.30. The molecule has 2 heteroatoms. The summed E-state index contributed by atoms with van der Waals surface area (Å²) in [5, 5.41) is 3.30. The Labute approximate surface area is 86.0 Å². The molecule has 0 aromatic heterocycles. The molecule has 1 aliphatic heterocycles. The van der Waals surface area contributed by atoms with Gasteiger partial charge in [0.05, 0.1) is 0 Å². The van der Waals surface area contributed by atoms with Crippen LogP contribution in [0.4, 0.5) is 0 Å².